The van der Waals surface area contributed by atoms with E-state index in [2.05, 4.69) is 15.3 Å². The van der Waals surface area contributed by atoms with Crippen LogP contribution in [0.1, 0.15) is 54.4 Å². The van der Waals surface area contributed by atoms with E-state index in [0.717, 1.165) is 37.0 Å². The number of nitrogens with one attached hydrogen (secondary N) is 1. The third kappa shape index (κ3) is 5.65. The van der Waals surface area contributed by atoms with Crippen LogP contribution in [0.3, 0.4) is 0 Å². The molecule has 1 saturated heterocycles. The second-order valence-corrected chi connectivity index (χ2v) is 9.78. The number of piperidine rings is 1. The highest BCUT2D eigenvalue weighted by molar-refractivity contribution is 6.04. The van der Waals surface area contributed by atoms with Crippen molar-refractivity contribution in [3.05, 3.63) is 71.9 Å². The summed E-state index contributed by atoms with van der Waals surface area (Å²) in [5.74, 6) is 0.0861. The predicted molar refractivity (Wildman–Crippen MR) is 145 cm³/mol. The molecule has 5 rings (SSSR count). The lowest BCUT2D eigenvalue weighted by molar-refractivity contribution is -0.137. The number of amides is 2. The smallest absolute Gasteiger partial charge is 0.416 e. The zero-order valence-electron chi connectivity index (χ0n) is 22.4. The van der Waals surface area contributed by atoms with Crippen LogP contribution < -0.4 is 11.1 Å². The number of nitrogens with two attached hydrogens (primary N) is 1. The van der Waals surface area contributed by atoms with Gasteiger partial charge in [-0.15, -0.1) is 0 Å². The Kier molecular flexibility index (Phi) is 7.52. The summed E-state index contributed by atoms with van der Waals surface area (Å²) in [7, 11) is 0. The molecule has 3 N–H and O–H groups in total. The first-order valence-electron chi connectivity index (χ1n) is 13.1. The standard InChI is InChI=1S/C28H28F3N7O3/c1-3-41-27(40)38-15-19(5-4-16(38)2)25-36-22(23-24(32)34-12-13-37(23)25)17-6-8-18(9-7-17)26(39)35-21-14-20(10-11-33-21)28(29,30)31/h6-14,16,19H,3-5,15H2,1-2H3,(H2,32,34)(H,33,35,39)/t16-,19-/m0/s1. The number of likely N-dealkylation sites (tertiary alicyclic amines) is 1. The Morgan fingerprint density at radius 2 is 1.88 bits per heavy atom. The number of aromatic nitrogens is 4. The van der Waals surface area contributed by atoms with Gasteiger partial charge in [0.2, 0.25) is 0 Å². The average molecular weight is 568 g/mol. The van der Waals surface area contributed by atoms with Crippen molar-refractivity contribution in [1.82, 2.24) is 24.3 Å². The molecule has 1 aliphatic heterocycles. The number of alkyl halides is 3. The molecule has 0 radical (unpaired) electrons. The monoisotopic (exact) mass is 567 g/mol. The molecule has 1 fully saturated rings. The van der Waals surface area contributed by atoms with E-state index in [1.165, 1.54) is 0 Å². The van der Waals surface area contributed by atoms with Gasteiger partial charge in [0.25, 0.3) is 5.91 Å². The van der Waals surface area contributed by atoms with Crippen LogP contribution in [0.5, 0.6) is 0 Å². The van der Waals surface area contributed by atoms with Gasteiger partial charge in [-0.2, -0.15) is 13.2 Å². The van der Waals surface area contributed by atoms with Gasteiger partial charge in [-0.1, -0.05) is 12.1 Å². The van der Waals surface area contributed by atoms with Crippen molar-refractivity contribution >= 4 is 29.2 Å². The number of nitrogen functional groups attached to an aromatic ring is 1. The lowest BCUT2D eigenvalue weighted by Gasteiger charge is -2.36. The maximum Gasteiger partial charge on any atom is 0.416 e. The van der Waals surface area contributed by atoms with Crippen molar-refractivity contribution in [3.8, 4) is 11.3 Å². The molecular weight excluding hydrogens is 539 g/mol. The Bertz CT molecular complexity index is 1590. The van der Waals surface area contributed by atoms with Crippen LogP contribution in [-0.2, 0) is 10.9 Å². The predicted octanol–water partition coefficient (Wildman–Crippen LogP) is 5.37. The van der Waals surface area contributed by atoms with Crippen LogP contribution in [0.25, 0.3) is 16.8 Å². The summed E-state index contributed by atoms with van der Waals surface area (Å²) in [5, 5.41) is 2.40. The topological polar surface area (TPSA) is 128 Å². The molecule has 2 amide bonds. The summed E-state index contributed by atoms with van der Waals surface area (Å²) in [6, 6.07) is 8.09. The number of rotatable bonds is 5. The molecule has 10 nitrogen and oxygen atoms in total. The molecule has 0 spiro atoms. The Labute approximate surface area is 233 Å². The van der Waals surface area contributed by atoms with E-state index in [4.69, 9.17) is 15.5 Å². The lowest BCUT2D eigenvalue weighted by Crippen LogP contribution is -2.45. The van der Waals surface area contributed by atoms with Crippen molar-refractivity contribution < 1.29 is 27.5 Å². The summed E-state index contributed by atoms with van der Waals surface area (Å²) in [6.07, 6.45) is 1.01. The number of hydrogen-bond donors (Lipinski definition) is 2. The van der Waals surface area contributed by atoms with Crippen molar-refractivity contribution in [3.63, 3.8) is 0 Å². The molecule has 0 aliphatic carbocycles. The SMILES string of the molecule is CCOC(=O)N1C[C@@H](c2nc(-c3ccc(C(=O)Nc4cc(C(F)(F)F)ccn4)cc3)c3c(N)nccn23)CC[C@@H]1C. The summed E-state index contributed by atoms with van der Waals surface area (Å²) < 4.78 is 46.2. The molecule has 0 saturated carbocycles. The summed E-state index contributed by atoms with van der Waals surface area (Å²) in [5.41, 5.74) is 7.38. The number of carbonyl (C=O) groups is 2. The molecule has 214 valence electrons. The highest BCUT2D eigenvalue weighted by Crippen LogP contribution is 2.35. The number of benzene rings is 1. The molecule has 13 heteroatoms. The normalized spacial score (nSPS) is 17.4. The number of anilines is 2. The lowest BCUT2D eigenvalue weighted by atomic mass is 9.93. The number of pyridine rings is 1. The maximum atomic E-state index is 13.0. The number of nitrogens with zero attached hydrogens (tertiary/aromatic N) is 5. The third-order valence-electron chi connectivity index (χ3n) is 7.11. The second kappa shape index (κ2) is 11.1. The van der Waals surface area contributed by atoms with Gasteiger partial charge in [-0.05, 0) is 51.0 Å². The van der Waals surface area contributed by atoms with E-state index in [-0.39, 0.29) is 41.9 Å². The van der Waals surface area contributed by atoms with Crippen molar-refractivity contribution in [2.75, 3.05) is 24.2 Å². The molecule has 2 atom stereocenters. The molecule has 4 aromatic rings. The van der Waals surface area contributed by atoms with E-state index in [1.807, 2.05) is 11.3 Å². The maximum absolute atomic E-state index is 13.0. The van der Waals surface area contributed by atoms with Gasteiger partial charge >= 0.3 is 12.3 Å². The number of halogens is 3. The quantitative estimate of drug-likeness (QED) is 0.332. The van der Waals surface area contributed by atoms with E-state index in [1.54, 1.807) is 48.5 Å². The zero-order chi connectivity index (χ0) is 29.3. The summed E-state index contributed by atoms with van der Waals surface area (Å²) in [6.45, 7) is 4.48. The highest BCUT2D eigenvalue weighted by atomic mass is 19.4. The first-order valence-corrected chi connectivity index (χ1v) is 13.1. The summed E-state index contributed by atoms with van der Waals surface area (Å²) in [4.78, 5) is 40.0. The minimum Gasteiger partial charge on any atom is -0.450 e. The number of imidazole rings is 1. The first kappa shape index (κ1) is 27.9. The summed E-state index contributed by atoms with van der Waals surface area (Å²) >= 11 is 0. The first-order chi connectivity index (χ1) is 19.6. The van der Waals surface area contributed by atoms with Gasteiger partial charge in [0, 0.05) is 48.2 Å². The fourth-order valence-corrected chi connectivity index (χ4v) is 5.00. The molecule has 3 aromatic heterocycles. The Balaban J connectivity index is 1.42. The van der Waals surface area contributed by atoms with Crippen LogP contribution in [0.4, 0.5) is 29.6 Å². The van der Waals surface area contributed by atoms with Gasteiger partial charge in [0.15, 0.2) is 0 Å². The number of carbonyl (C=O) groups excluding carboxylic acids is 2. The zero-order valence-corrected chi connectivity index (χ0v) is 22.4. The van der Waals surface area contributed by atoms with Crippen molar-refractivity contribution in [1.29, 1.82) is 0 Å². The van der Waals surface area contributed by atoms with Gasteiger partial charge in [-0.3, -0.25) is 9.20 Å². The Hall–Kier alpha value is -4.68. The number of ether oxygens (including phenoxy) is 1. The largest absolute Gasteiger partial charge is 0.450 e. The fourth-order valence-electron chi connectivity index (χ4n) is 5.00. The van der Waals surface area contributed by atoms with Crippen molar-refractivity contribution in [2.24, 2.45) is 0 Å². The van der Waals surface area contributed by atoms with Crippen molar-refractivity contribution in [2.45, 2.75) is 44.8 Å². The molecule has 0 unspecified atom stereocenters. The average Bonchev–Trinajstić information content (AvgIpc) is 3.34. The third-order valence-corrected chi connectivity index (χ3v) is 7.11. The van der Waals surface area contributed by atoms with Gasteiger partial charge in [0.1, 0.15) is 28.7 Å². The Morgan fingerprint density at radius 1 is 1.12 bits per heavy atom. The molecule has 4 heterocycles. The van der Waals surface area contributed by atoms with E-state index >= 15 is 0 Å². The molecule has 41 heavy (non-hydrogen) atoms. The highest BCUT2D eigenvalue weighted by Gasteiger charge is 2.34. The van der Waals surface area contributed by atoms with E-state index in [0.29, 0.717) is 23.3 Å². The fraction of sp³-hybridized carbons (Fsp3) is 0.321. The minimum absolute atomic E-state index is 0.0348. The molecule has 1 aromatic carbocycles. The van der Waals surface area contributed by atoms with Gasteiger partial charge in [0.05, 0.1) is 12.2 Å². The van der Waals surface area contributed by atoms with Gasteiger partial charge in [-0.25, -0.2) is 19.7 Å². The van der Waals surface area contributed by atoms with Crippen LogP contribution in [0.2, 0.25) is 0 Å². The number of hydrogen-bond acceptors (Lipinski definition) is 7. The molecular formula is C28H28F3N7O3. The Morgan fingerprint density at radius 3 is 2.59 bits per heavy atom. The minimum atomic E-state index is -4.56. The second-order valence-electron chi connectivity index (χ2n) is 9.78. The van der Waals surface area contributed by atoms with E-state index < -0.39 is 17.6 Å². The molecule has 0 bridgehead atoms. The number of fused-ring (bicyclic) bond motifs is 1. The van der Waals surface area contributed by atoms with Crippen LogP contribution >= 0.6 is 0 Å². The molecule has 1 aliphatic rings. The van der Waals surface area contributed by atoms with Crippen LogP contribution in [0, 0.1) is 0 Å². The van der Waals surface area contributed by atoms with Crippen LogP contribution in [0.15, 0.2) is 55.0 Å². The van der Waals surface area contributed by atoms with E-state index in [9.17, 15) is 22.8 Å². The van der Waals surface area contributed by atoms with Gasteiger partial charge < -0.3 is 20.7 Å². The van der Waals surface area contributed by atoms with Crippen LogP contribution in [-0.4, -0.2) is 55.4 Å².